The van der Waals surface area contributed by atoms with E-state index in [9.17, 15) is 4.79 Å². The van der Waals surface area contributed by atoms with Crippen molar-refractivity contribution in [2.45, 2.75) is 71.3 Å². The van der Waals surface area contributed by atoms with Gasteiger partial charge >= 0.3 is 5.97 Å². The number of thioether (sulfide) groups is 1. The Bertz CT molecular complexity index is 348. The van der Waals surface area contributed by atoms with Crippen molar-refractivity contribution in [3.63, 3.8) is 0 Å². The molecule has 0 aromatic rings. The molecule has 0 aliphatic rings. The minimum Gasteiger partial charge on any atom is -0.479 e. The molecule has 0 bridgehead atoms. The van der Waals surface area contributed by atoms with Gasteiger partial charge in [-0.05, 0) is 60.7 Å². The third-order valence-corrected chi connectivity index (χ3v) is 3.75. The highest BCUT2D eigenvalue weighted by atomic mass is 32.2. The number of rotatable bonds is 7. The Hall–Kier alpha value is -0.330. The molecule has 0 aliphatic heterocycles. The molecule has 0 fully saturated rings. The molecule has 0 saturated heterocycles. The average Bonchev–Trinajstić information content (AvgIpc) is 2.25. The Balaban J connectivity index is 4.24. The first-order valence-electron chi connectivity index (χ1n) is 7.17. The lowest BCUT2D eigenvalue weighted by molar-refractivity contribution is -0.157. The summed E-state index contributed by atoms with van der Waals surface area (Å²) >= 11 is 6.22. The SMILES string of the molecule is CCOC(=S)SC(C)C(=O)OC(C)(C)CCOC(C)(C)C. The number of ether oxygens (including phenoxy) is 3. The second-order valence-corrected chi connectivity index (χ2v) is 8.28. The predicted octanol–water partition coefficient (Wildman–Crippen LogP) is 3.96. The van der Waals surface area contributed by atoms with Gasteiger partial charge in [0.15, 0.2) is 0 Å². The van der Waals surface area contributed by atoms with Crippen molar-refractivity contribution < 1.29 is 19.0 Å². The topological polar surface area (TPSA) is 44.8 Å². The van der Waals surface area contributed by atoms with E-state index in [-0.39, 0.29) is 16.8 Å². The quantitative estimate of drug-likeness (QED) is 0.518. The average molecular weight is 337 g/mol. The molecule has 21 heavy (non-hydrogen) atoms. The summed E-state index contributed by atoms with van der Waals surface area (Å²) in [5.74, 6) is -0.289. The predicted molar refractivity (Wildman–Crippen MR) is 91.8 cm³/mol. The third-order valence-electron chi connectivity index (χ3n) is 2.48. The van der Waals surface area contributed by atoms with Gasteiger partial charge in [0.25, 0.3) is 0 Å². The summed E-state index contributed by atoms with van der Waals surface area (Å²) in [6.45, 7) is 14.4. The first-order valence-corrected chi connectivity index (χ1v) is 8.46. The van der Waals surface area contributed by atoms with E-state index in [1.165, 1.54) is 11.8 Å². The molecule has 0 aromatic carbocycles. The number of hydrogen-bond acceptors (Lipinski definition) is 6. The number of hydrogen-bond donors (Lipinski definition) is 0. The summed E-state index contributed by atoms with van der Waals surface area (Å²) in [6.07, 6.45) is 0.642. The minimum absolute atomic E-state index is 0.188. The molecule has 0 rings (SSSR count). The van der Waals surface area contributed by atoms with Crippen LogP contribution < -0.4 is 0 Å². The van der Waals surface area contributed by atoms with E-state index in [4.69, 9.17) is 26.4 Å². The Kier molecular flexibility index (Phi) is 8.81. The van der Waals surface area contributed by atoms with Crippen molar-refractivity contribution in [1.29, 1.82) is 0 Å². The van der Waals surface area contributed by atoms with Crippen molar-refractivity contribution in [3.05, 3.63) is 0 Å². The van der Waals surface area contributed by atoms with E-state index in [1.54, 1.807) is 6.92 Å². The zero-order valence-electron chi connectivity index (χ0n) is 14.1. The first-order chi connectivity index (χ1) is 9.47. The van der Waals surface area contributed by atoms with E-state index in [0.29, 0.717) is 24.0 Å². The first kappa shape index (κ1) is 20.7. The second kappa shape index (κ2) is 8.96. The van der Waals surface area contributed by atoms with Gasteiger partial charge in [-0.1, -0.05) is 11.8 Å². The molecule has 0 N–H and O–H groups in total. The fourth-order valence-corrected chi connectivity index (χ4v) is 2.52. The van der Waals surface area contributed by atoms with Gasteiger partial charge in [0.05, 0.1) is 18.8 Å². The van der Waals surface area contributed by atoms with E-state index in [1.807, 2.05) is 41.5 Å². The monoisotopic (exact) mass is 336 g/mol. The molecular weight excluding hydrogens is 308 g/mol. The van der Waals surface area contributed by atoms with Crippen molar-refractivity contribution in [3.8, 4) is 0 Å². The Morgan fingerprint density at radius 2 is 1.81 bits per heavy atom. The minimum atomic E-state index is -0.565. The van der Waals surface area contributed by atoms with Crippen LogP contribution in [0.15, 0.2) is 0 Å². The van der Waals surface area contributed by atoms with Gasteiger partial charge in [0.2, 0.25) is 4.38 Å². The van der Waals surface area contributed by atoms with Gasteiger partial charge in [0, 0.05) is 6.42 Å². The fraction of sp³-hybridized carbons (Fsp3) is 0.867. The van der Waals surface area contributed by atoms with Gasteiger partial charge in [-0.15, -0.1) is 0 Å². The van der Waals surface area contributed by atoms with Crippen molar-refractivity contribution in [1.82, 2.24) is 0 Å². The lowest BCUT2D eigenvalue weighted by Gasteiger charge is -2.28. The smallest absolute Gasteiger partial charge is 0.319 e. The van der Waals surface area contributed by atoms with Crippen LogP contribution in [0.2, 0.25) is 0 Å². The normalized spacial score (nSPS) is 13.7. The highest BCUT2D eigenvalue weighted by Crippen LogP contribution is 2.22. The Morgan fingerprint density at radius 3 is 2.29 bits per heavy atom. The summed E-state index contributed by atoms with van der Waals surface area (Å²) in [7, 11) is 0. The van der Waals surface area contributed by atoms with Gasteiger partial charge in [-0.3, -0.25) is 4.79 Å². The number of carbonyl (C=O) groups excluding carboxylic acids is 1. The van der Waals surface area contributed by atoms with Gasteiger partial charge in [-0.25, -0.2) is 0 Å². The molecule has 0 amide bonds. The molecule has 0 spiro atoms. The molecule has 1 unspecified atom stereocenters. The van der Waals surface area contributed by atoms with E-state index >= 15 is 0 Å². The zero-order valence-corrected chi connectivity index (χ0v) is 15.8. The van der Waals surface area contributed by atoms with Crippen LogP contribution in [0, 0.1) is 0 Å². The van der Waals surface area contributed by atoms with Gasteiger partial charge in [-0.2, -0.15) is 0 Å². The second-order valence-electron chi connectivity index (χ2n) is 6.33. The number of esters is 1. The molecule has 4 nitrogen and oxygen atoms in total. The highest BCUT2D eigenvalue weighted by molar-refractivity contribution is 8.23. The molecule has 124 valence electrons. The molecule has 0 saturated carbocycles. The maximum atomic E-state index is 12.1. The molecular formula is C15H28O4S2. The summed E-state index contributed by atoms with van der Waals surface area (Å²) in [5, 5.41) is -0.383. The van der Waals surface area contributed by atoms with E-state index in [0.717, 1.165) is 0 Å². The summed E-state index contributed by atoms with van der Waals surface area (Å²) in [4.78, 5) is 12.1. The molecule has 6 heteroatoms. The third kappa shape index (κ3) is 11.0. The Morgan fingerprint density at radius 1 is 1.24 bits per heavy atom. The van der Waals surface area contributed by atoms with Crippen LogP contribution in [0.4, 0.5) is 0 Å². The fourth-order valence-electron chi connectivity index (χ4n) is 1.35. The summed E-state index contributed by atoms with van der Waals surface area (Å²) in [5.41, 5.74) is -0.753. The van der Waals surface area contributed by atoms with Crippen LogP contribution in [0.5, 0.6) is 0 Å². The van der Waals surface area contributed by atoms with Crippen LogP contribution in [-0.2, 0) is 19.0 Å². The van der Waals surface area contributed by atoms with Crippen molar-refractivity contribution in [2.75, 3.05) is 13.2 Å². The van der Waals surface area contributed by atoms with Gasteiger partial charge < -0.3 is 14.2 Å². The van der Waals surface area contributed by atoms with Crippen molar-refractivity contribution in [2.24, 2.45) is 0 Å². The Labute approximate surface area is 138 Å². The lowest BCUT2D eigenvalue weighted by atomic mass is 10.1. The molecule has 0 aromatic heterocycles. The van der Waals surface area contributed by atoms with Crippen LogP contribution in [0.1, 0.15) is 54.9 Å². The van der Waals surface area contributed by atoms with Gasteiger partial charge in [0.1, 0.15) is 10.9 Å². The zero-order chi connectivity index (χ0) is 16.7. The summed E-state index contributed by atoms with van der Waals surface area (Å²) < 4.78 is 16.7. The largest absolute Gasteiger partial charge is 0.479 e. The maximum absolute atomic E-state index is 12.1. The van der Waals surface area contributed by atoms with Crippen LogP contribution in [0.25, 0.3) is 0 Å². The molecule has 0 heterocycles. The van der Waals surface area contributed by atoms with Crippen LogP contribution in [0.3, 0.4) is 0 Å². The standard InChI is InChI=1S/C15H28O4S2/c1-8-17-13(20)21-11(2)12(16)19-15(6,7)9-10-18-14(3,4)5/h11H,8-10H2,1-7H3. The maximum Gasteiger partial charge on any atom is 0.319 e. The lowest BCUT2D eigenvalue weighted by Crippen LogP contribution is -2.34. The molecule has 0 aliphatic carbocycles. The van der Waals surface area contributed by atoms with Crippen LogP contribution in [-0.4, -0.2) is 40.0 Å². The number of carbonyl (C=O) groups is 1. The van der Waals surface area contributed by atoms with Crippen LogP contribution >= 0.6 is 24.0 Å². The number of thiocarbonyl (C=S) groups is 1. The van der Waals surface area contributed by atoms with E-state index < -0.39 is 5.60 Å². The molecule has 0 radical (unpaired) electrons. The highest BCUT2D eigenvalue weighted by Gasteiger charge is 2.27. The summed E-state index contributed by atoms with van der Waals surface area (Å²) in [6, 6.07) is 0. The molecule has 1 atom stereocenters. The van der Waals surface area contributed by atoms with Crippen molar-refractivity contribution >= 4 is 34.3 Å². The van der Waals surface area contributed by atoms with E-state index in [2.05, 4.69) is 0 Å².